The molecule has 0 aliphatic heterocycles. The third-order valence-corrected chi connectivity index (χ3v) is 3.74. The molecular formula is C7H14NO3P. The lowest BCUT2D eigenvalue weighted by Crippen LogP contribution is -2.18. The predicted molar refractivity (Wildman–Crippen MR) is 45.3 cm³/mol. The maximum Gasteiger partial charge on any atom is 0.348 e. The molecule has 12 heavy (non-hydrogen) atoms. The number of fused-ring (bicyclic) bond motifs is 2. The lowest BCUT2D eigenvalue weighted by Gasteiger charge is -2.22. The Morgan fingerprint density at radius 1 is 1.17 bits per heavy atom. The average Bonchev–Trinajstić information content (AvgIpc) is 2.40. The van der Waals surface area contributed by atoms with E-state index in [0.717, 1.165) is 32.1 Å². The minimum absolute atomic E-state index is 0.281. The van der Waals surface area contributed by atoms with Crippen LogP contribution in [0.1, 0.15) is 32.1 Å². The van der Waals surface area contributed by atoms with E-state index in [1.54, 1.807) is 0 Å². The Morgan fingerprint density at radius 3 is 2.08 bits per heavy atom. The molecule has 2 aliphatic carbocycles. The number of hydrogen-bond donors (Lipinski definition) is 3. The molecule has 4 nitrogen and oxygen atoms in total. The van der Waals surface area contributed by atoms with E-state index >= 15 is 0 Å². The van der Waals surface area contributed by atoms with E-state index < -0.39 is 7.74 Å². The Hall–Kier alpha value is 0.110. The van der Waals surface area contributed by atoms with Gasteiger partial charge in [-0.05, 0) is 38.0 Å². The van der Waals surface area contributed by atoms with Crippen molar-refractivity contribution in [2.75, 3.05) is 0 Å². The summed E-state index contributed by atoms with van der Waals surface area (Å²) < 4.78 is 3.78. The Kier molecular flexibility index (Phi) is 1.85. The highest BCUT2D eigenvalue weighted by molar-refractivity contribution is 7.48. The van der Waals surface area contributed by atoms with E-state index in [1.807, 2.05) is 0 Å². The highest BCUT2D eigenvalue weighted by Gasteiger charge is 2.45. The molecule has 70 valence electrons. The summed E-state index contributed by atoms with van der Waals surface area (Å²) in [5.74, 6) is 0.709. The molecule has 2 aliphatic rings. The molecule has 0 atom stereocenters. The third kappa shape index (κ3) is 1.57. The van der Waals surface area contributed by atoms with Gasteiger partial charge in [0.25, 0.3) is 0 Å². The summed E-state index contributed by atoms with van der Waals surface area (Å²) in [4.78, 5) is 26.5. The van der Waals surface area contributed by atoms with E-state index in [4.69, 9.17) is 14.7 Å². The number of rotatable bonds is 1. The summed E-state index contributed by atoms with van der Waals surface area (Å²) in [6, 6.07) is 0. The van der Waals surface area contributed by atoms with Crippen molar-refractivity contribution in [2.45, 2.75) is 37.6 Å². The largest absolute Gasteiger partial charge is 0.348 e. The maximum atomic E-state index is 8.85. The van der Waals surface area contributed by atoms with Gasteiger partial charge < -0.3 is 14.7 Å². The van der Waals surface area contributed by atoms with E-state index in [-0.39, 0.29) is 5.54 Å². The van der Waals surface area contributed by atoms with E-state index in [2.05, 4.69) is 4.74 Å². The van der Waals surface area contributed by atoms with Crippen LogP contribution in [0.5, 0.6) is 0 Å². The van der Waals surface area contributed by atoms with Gasteiger partial charge in [-0.25, -0.2) is 4.74 Å². The van der Waals surface area contributed by atoms with Crippen molar-refractivity contribution >= 4 is 7.74 Å². The second kappa shape index (κ2) is 2.55. The van der Waals surface area contributed by atoms with Crippen LogP contribution >= 0.6 is 7.74 Å². The first-order valence-electron chi connectivity index (χ1n) is 4.31. The first kappa shape index (κ1) is 8.70. The fraction of sp³-hybridized carbons (Fsp3) is 1.00. The summed E-state index contributed by atoms with van der Waals surface area (Å²) in [7, 11) is -3.90. The molecule has 5 heteroatoms. The van der Waals surface area contributed by atoms with Crippen molar-refractivity contribution in [1.29, 1.82) is 0 Å². The SMILES string of the molecule is OP(O)(O)=NC12CCC(CC1)C2. The van der Waals surface area contributed by atoms with Crippen molar-refractivity contribution in [3.63, 3.8) is 0 Å². The van der Waals surface area contributed by atoms with Gasteiger partial charge in [-0.15, -0.1) is 0 Å². The van der Waals surface area contributed by atoms with E-state index in [9.17, 15) is 0 Å². The van der Waals surface area contributed by atoms with E-state index in [1.165, 1.54) is 0 Å². The average molecular weight is 191 g/mol. The van der Waals surface area contributed by atoms with Gasteiger partial charge in [0, 0.05) is 0 Å². The van der Waals surface area contributed by atoms with Crippen LogP contribution in [0.4, 0.5) is 0 Å². The summed E-state index contributed by atoms with van der Waals surface area (Å²) in [5, 5.41) is 0. The molecule has 0 aromatic rings. The molecule has 0 unspecified atom stereocenters. The van der Waals surface area contributed by atoms with Crippen molar-refractivity contribution in [1.82, 2.24) is 0 Å². The fourth-order valence-corrected chi connectivity index (χ4v) is 3.44. The highest BCUT2D eigenvalue weighted by atomic mass is 31.2. The zero-order valence-electron chi connectivity index (χ0n) is 6.85. The normalized spacial score (nSPS) is 40.4. The van der Waals surface area contributed by atoms with Gasteiger partial charge in [-0.1, -0.05) is 0 Å². The molecule has 0 amide bonds. The van der Waals surface area contributed by atoms with Crippen LogP contribution in [0.25, 0.3) is 0 Å². The zero-order valence-corrected chi connectivity index (χ0v) is 7.74. The second-order valence-electron chi connectivity index (χ2n) is 4.01. The zero-order chi connectivity index (χ0) is 8.82. The summed E-state index contributed by atoms with van der Waals surface area (Å²) in [6.07, 6.45) is 5.03. The van der Waals surface area contributed by atoms with Crippen LogP contribution in [0, 0.1) is 5.92 Å². The first-order chi connectivity index (χ1) is 5.49. The van der Waals surface area contributed by atoms with Crippen molar-refractivity contribution in [3.8, 4) is 0 Å². The van der Waals surface area contributed by atoms with Crippen LogP contribution in [-0.2, 0) is 0 Å². The molecule has 2 fully saturated rings. The van der Waals surface area contributed by atoms with Gasteiger partial charge in [-0.2, -0.15) is 0 Å². The molecule has 2 saturated carbocycles. The lowest BCUT2D eigenvalue weighted by molar-refractivity contribution is 0.325. The van der Waals surface area contributed by atoms with Gasteiger partial charge in [-0.3, -0.25) is 0 Å². The van der Waals surface area contributed by atoms with Crippen LogP contribution in [0.2, 0.25) is 0 Å². The Morgan fingerprint density at radius 2 is 1.75 bits per heavy atom. The fourth-order valence-electron chi connectivity index (χ4n) is 2.59. The van der Waals surface area contributed by atoms with Gasteiger partial charge in [0.05, 0.1) is 5.54 Å². The molecule has 3 N–H and O–H groups in total. The lowest BCUT2D eigenvalue weighted by atomic mass is 9.95. The Balaban J connectivity index is 2.23. The monoisotopic (exact) mass is 191 g/mol. The van der Waals surface area contributed by atoms with Crippen LogP contribution < -0.4 is 0 Å². The second-order valence-corrected chi connectivity index (χ2v) is 5.28. The molecule has 0 aromatic heterocycles. The van der Waals surface area contributed by atoms with Crippen molar-refractivity contribution in [3.05, 3.63) is 0 Å². The maximum absolute atomic E-state index is 8.85. The van der Waals surface area contributed by atoms with Gasteiger partial charge in [0.1, 0.15) is 0 Å². The van der Waals surface area contributed by atoms with Crippen molar-refractivity contribution in [2.24, 2.45) is 10.7 Å². The summed E-state index contributed by atoms with van der Waals surface area (Å²) in [5.41, 5.74) is -0.281. The molecule has 0 spiro atoms. The summed E-state index contributed by atoms with van der Waals surface area (Å²) >= 11 is 0. The summed E-state index contributed by atoms with van der Waals surface area (Å²) in [6.45, 7) is 0. The molecule has 2 rings (SSSR count). The van der Waals surface area contributed by atoms with E-state index in [0.29, 0.717) is 5.92 Å². The third-order valence-electron chi connectivity index (χ3n) is 3.05. The molecule has 0 aromatic carbocycles. The van der Waals surface area contributed by atoms with Crippen LogP contribution in [0.3, 0.4) is 0 Å². The minimum Gasteiger partial charge on any atom is -0.319 e. The molecular weight excluding hydrogens is 177 g/mol. The topological polar surface area (TPSA) is 73.0 Å². The standard InChI is InChI=1S/C7H14NO3P/c9-12(10,11)8-7-3-1-6(5-7)2-4-7/h6,9-11H,1-5H2. The minimum atomic E-state index is -3.90. The molecule has 0 radical (unpaired) electrons. The quantitative estimate of drug-likeness (QED) is 0.546. The highest BCUT2D eigenvalue weighted by Crippen LogP contribution is 2.54. The smallest absolute Gasteiger partial charge is 0.319 e. The number of hydrogen-bond acceptors (Lipinski definition) is 1. The van der Waals surface area contributed by atoms with Crippen molar-refractivity contribution < 1.29 is 14.7 Å². The van der Waals surface area contributed by atoms with Gasteiger partial charge in [0.15, 0.2) is 0 Å². The predicted octanol–water partition coefficient (Wildman–Crippen LogP) is 1.24. The van der Waals surface area contributed by atoms with Crippen LogP contribution in [0.15, 0.2) is 4.74 Å². The molecule has 2 bridgehead atoms. The van der Waals surface area contributed by atoms with Gasteiger partial charge >= 0.3 is 7.74 Å². The molecule has 0 saturated heterocycles. The number of nitrogens with zero attached hydrogens (tertiary/aromatic N) is 1. The van der Waals surface area contributed by atoms with Crippen LogP contribution in [-0.4, -0.2) is 20.2 Å². The molecule has 0 heterocycles. The Labute approximate surface area is 71.5 Å². The first-order valence-corrected chi connectivity index (χ1v) is 5.91. The Bertz CT molecular complexity index is 231. The van der Waals surface area contributed by atoms with Gasteiger partial charge in [0.2, 0.25) is 0 Å².